The highest BCUT2D eigenvalue weighted by atomic mass is 32.1. The number of aliphatic hydroxyl groups excluding tert-OH is 1. The van der Waals surface area contributed by atoms with Gasteiger partial charge in [-0.1, -0.05) is 0 Å². The average molecular weight is 423 g/mol. The fourth-order valence-electron chi connectivity index (χ4n) is 3.72. The second kappa shape index (κ2) is 8.19. The van der Waals surface area contributed by atoms with Gasteiger partial charge in [-0.25, -0.2) is 9.97 Å². The number of imidazole rings is 1. The molecule has 3 aromatic rings. The molecule has 3 aromatic heterocycles. The molecule has 154 valence electrons. The number of aliphatic hydroxyl groups is 1. The molecule has 9 heteroatoms. The summed E-state index contributed by atoms with van der Waals surface area (Å²) in [5, 5.41) is 11.5. The fourth-order valence-corrected chi connectivity index (χ4v) is 4.59. The topological polar surface area (TPSA) is 101 Å². The number of thiazole rings is 1. The van der Waals surface area contributed by atoms with E-state index in [0.29, 0.717) is 30.1 Å². The normalized spacial score (nSPS) is 16.5. The molecule has 0 bridgehead atoms. The summed E-state index contributed by atoms with van der Waals surface area (Å²) in [5.74, 6) is -1.39. The first-order valence-corrected chi connectivity index (χ1v) is 10.4. The fraction of sp³-hybridized carbons (Fsp3) is 0.286. The molecule has 0 saturated carbocycles. The summed E-state index contributed by atoms with van der Waals surface area (Å²) < 4.78 is 1.92. The van der Waals surface area contributed by atoms with E-state index in [0.717, 1.165) is 10.6 Å². The Kier molecular flexibility index (Phi) is 5.45. The van der Waals surface area contributed by atoms with E-state index in [1.165, 1.54) is 11.3 Å². The quantitative estimate of drug-likeness (QED) is 0.586. The van der Waals surface area contributed by atoms with E-state index in [1.807, 2.05) is 17.7 Å². The largest absolute Gasteiger partial charge is 0.503 e. The molecular weight excluding hydrogens is 402 g/mol. The minimum atomic E-state index is -0.669. The Hall–Kier alpha value is -3.33. The Morgan fingerprint density at radius 2 is 1.93 bits per heavy atom. The number of aryl methyl sites for hydroxylation is 3. The minimum Gasteiger partial charge on any atom is -0.503 e. The van der Waals surface area contributed by atoms with Crippen molar-refractivity contribution in [2.45, 2.75) is 32.9 Å². The number of Topliss-reactive ketones (excluding diaryl/α,β-unsaturated/α-hetero) is 1. The molecule has 0 spiro atoms. The molecule has 8 nitrogen and oxygen atoms in total. The Bertz CT molecular complexity index is 1110. The Balaban J connectivity index is 1.67. The standard InChI is InChI=1S/C21H21N5O3S/c1-13-20(30-14(2)24-13)18(27)16-17(15-4-6-22-7-5-15)26(21(29)19(16)28)10-3-9-25-11-8-23-12-25/h4-8,11-12,17,28H,3,9-10H2,1-2H3. The Morgan fingerprint density at radius 3 is 2.57 bits per heavy atom. The monoisotopic (exact) mass is 423 g/mol. The minimum absolute atomic E-state index is 0.0978. The second-order valence-electron chi connectivity index (χ2n) is 7.07. The summed E-state index contributed by atoms with van der Waals surface area (Å²) >= 11 is 1.27. The van der Waals surface area contributed by atoms with Gasteiger partial charge in [0.25, 0.3) is 5.91 Å². The highest BCUT2D eigenvalue weighted by Crippen LogP contribution is 2.40. The lowest BCUT2D eigenvalue weighted by Gasteiger charge is -2.26. The van der Waals surface area contributed by atoms with Gasteiger partial charge >= 0.3 is 0 Å². The molecule has 1 amide bonds. The third-order valence-electron chi connectivity index (χ3n) is 5.05. The molecular formula is C21H21N5O3S. The van der Waals surface area contributed by atoms with Crippen LogP contribution in [0.4, 0.5) is 0 Å². The van der Waals surface area contributed by atoms with E-state index in [-0.39, 0.29) is 11.4 Å². The first-order valence-electron chi connectivity index (χ1n) is 9.56. The van der Waals surface area contributed by atoms with E-state index >= 15 is 0 Å². The lowest BCUT2D eigenvalue weighted by molar-refractivity contribution is -0.129. The third kappa shape index (κ3) is 3.63. The number of carbonyl (C=O) groups is 2. The summed E-state index contributed by atoms with van der Waals surface area (Å²) in [7, 11) is 0. The van der Waals surface area contributed by atoms with Gasteiger partial charge in [0.05, 0.1) is 33.5 Å². The van der Waals surface area contributed by atoms with Crippen LogP contribution in [0, 0.1) is 13.8 Å². The summed E-state index contributed by atoms with van der Waals surface area (Å²) in [4.78, 5) is 40.7. The number of pyridine rings is 1. The predicted molar refractivity (Wildman–Crippen MR) is 111 cm³/mol. The number of ketones is 1. The van der Waals surface area contributed by atoms with Crippen LogP contribution >= 0.6 is 11.3 Å². The van der Waals surface area contributed by atoms with E-state index in [9.17, 15) is 14.7 Å². The lowest BCUT2D eigenvalue weighted by Crippen LogP contribution is -2.32. The van der Waals surface area contributed by atoms with Crippen LogP contribution in [0.2, 0.25) is 0 Å². The van der Waals surface area contributed by atoms with Crippen LogP contribution in [0.25, 0.3) is 0 Å². The third-order valence-corrected chi connectivity index (χ3v) is 6.13. The van der Waals surface area contributed by atoms with Crippen molar-refractivity contribution < 1.29 is 14.7 Å². The number of hydrogen-bond acceptors (Lipinski definition) is 7. The number of nitrogens with zero attached hydrogens (tertiary/aromatic N) is 5. The van der Waals surface area contributed by atoms with Crippen molar-refractivity contribution in [3.8, 4) is 0 Å². The van der Waals surface area contributed by atoms with Crippen LogP contribution in [0.3, 0.4) is 0 Å². The summed E-state index contributed by atoms with van der Waals surface area (Å²) in [6.07, 6.45) is 9.14. The first-order chi connectivity index (χ1) is 14.5. The zero-order valence-corrected chi connectivity index (χ0v) is 17.5. The number of amides is 1. The smallest absolute Gasteiger partial charge is 0.290 e. The van der Waals surface area contributed by atoms with E-state index in [2.05, 4.69) is 15.0 Å². The second-order valence-corrected chi connectivity index (χ2v) is 8.28. The Labute approximate surface area is 177 Å². The van der Waals surface area contributed by atoms with Crippen LogP contribution in [-0.4, -0.2) is 47.8 Å². The lowest BCUT2D eigenvalue weighted by atomic mass is 9.95. The maximum Gasteiger partial charge on any atom is 0.290 e. The van der Waals surface area contributed by atoms with Crippen molar-refractivity contribution in [1.82, 2.24) is 24.4 Å². The van der Waals surface area contributed by atoms with Gasteiger partial charge in [-0.15, -0.1) is 11.3 Å². The SMILES string of the molecule is Cc1nc(C)c(C(=O)C2=C(O)C(=O)N(CCCn3ccnc3)C2c2ccncc2)s1. The molecule has 1 N–H and O–H groups in total. The molecule has 4 heterocycles. The van der Waals surface area contributed by atoms with Crippen LogP contribution in [0.5, 0.6) is 0 Å². The summed E-state index contributed by atoms with van der Waals surface area (Å²) in [6, 6.07) is 2.85. The van der Waals surface area contributed by atoms with Crippen molar-refractivity contribution in [3.63, 3.8) is 0 Å². The molecule has 0 radical (unpaired) electrons. The van der Waals surface area contributed by atoms with Crippen molar-refractivity contribution in [2.75, 3.05) is 6.54 Å². The van der Waals surface area contributed by atoms with Crippen molar-refractivity contribution >= 4 is 23.0 Å². The predicted octanol–water partition coefficient (Wildman–Crippen LogP) is 3.02. The average Bonchev–Trinajstić information content (AvgIpc) is 3.43. The van der Waals surface area contributed by atoms with Crippen LogP contribution in [0.1, 0.15) is 38.4 Å². The van der Waals surface area contributed by atoms with E-state index in [4.69, 9.17) is 0 Å². The number of aromatic nitrogens is 4. The zero-order chi connectivity index (χ0) is 21.3. The molecule has 0 saturated heterocycles. The van der Waals surface area contributed by atoms with Gasteiger partial charge in [0, 0.05) is 37.9 Å². The highest BCUT2D eigenvalue weighted by molar-refractivity contribution is 7.14. The van der Waals surface area contributed by atoms with Gasteiger partial charge in [-0.2, -0.15) is 0 Å². The molecule has 0 aliphatic carbocycles. The number of carbonyl (C=O) groups excluding carboxylic acids is 2. The zero-order valence-electron chi connectivity index (χ0n) is 16.6. The van der Waals surface area contributed by atoms with Crippen LogP contribution in [-0.2, 0) is 11.3 Å². The molecule has 1 aliphatic heterocycles. The molecule has 1 aliphatic rings. The van der Waals surface area contributed by atoms with Crippen molar-refractivity contribution in [2.24, 2.45) is 0 Å². The molecule has 0 fully saturated rings. The van der Waals surface area contributed by atoms with Gasteiger partial charge < -0.3 is 14.6 Å². The van der Waals surface area contributed by atoms with Gasteiger partial charge in [-0.05, 0) is 38.0 Å². The summed E-state index contributed by atoms with van der Waals surface area (Å²) in [5.41, 5.74) is 1.43. The van der Waals surface area contributed by atoms with Gasteiger partial charge in [-0.3, -0.25) is 14.6 Å². The molecule has 4 rings (SSSR count). The molecule has 1 unspecified atom stereocenters. The number of rotatable bonds is 7. The van der Waals surface area contributed by atoms with Crippen LogP contribution in [0.15, 0.2) is 54.6 Å². The van der Waals surface area contributed by atoms with Gasteiger partial charge in [0.1, 0.15) is 0 Å². The molecule has 30 heavy (non-hydrogen) atoms. The van der Waals surface area contributed by atoms with Crippen LogP contribution < -0.4 is 0 Å². The van der Waals surface area contributed by atoms with Crippen molar-refractivity contribution in [3.05, 3.63) is 75.7 Å². The number of hydrogen-bond donors (Lipinski definition) is 1. The Morgan fingerprint density at radius 1 is 1.17 bits per heavy atom. The first kappa shape index (κ1) is 20.0. The highest BCUT2D eigenvalue weighted by Gasteiger charge is 2.44. The van der Waals surface area contributed by atoms with E-state index < -0.39 is 17.7 Å². The molecule has 0 aromatic carbocycles. The van der Waals surface area contributed by atoms with Gasteiger partial charge in [0.2, 0.25) is 5.78 Å². The van der Waals surface area contributed by atoms with Crippen molar-refractivity contribution in [1.29, 1.82) is 0 Å². The maximum atomic E-state index is 13.4. The maximum absolute atomic E-state index is 13.4. The van der Waals surface area contributed by atoms with E-state index in [1.54, 1.807) is 48.9 Å². The molecule has 1 atom stereocenters. The van der Waals surface area contributed by atoms with Gasteiger partial charge in [0.15, 0.2) is 5.76 Å². The summed E-state index contributed by atoms with van der Waals surface area (Å²) in [6.45, 7) is 4.64.